The number of hydrogen-bond acceptors (Lipinski definition) is 5. The number of nitrogens with one attached hydrogen (secondary N) is 1. The quantitative estimate of drug-likeness (QED) is 0.857. The van der Waals surface area contributed by atoms with Crippen molar-refractivity contribution < 1.29 is 19.1 Å². The fraction of sp³-hybridized carbons (Fsp3) is 0.188. The van der Waals surface area contributed by atoms with Crippen LogP contribution in [0.5, 0.6) is 0 Å². The van der Waals surface area contributed by atoms with Gasteiger partial charge in [-0.1, -0.05) is 36.4 Å². The Kier molecular flexibility index (Phi) is 5.48. The molecule has 1 atom stereocenters. The van der Waals surface area contributed by atoms with Crippen LogP contribution < -0.4 is 5.32 Å². The molecule has 1 unspecified atom stereocenters. The van der Waals surface area contributed by atoms with E-state index >= 15 is 0 Å². The number of aromatic nitrogens is 1. The first-order valence-corrected chi connectivity index (χ1v) is 6.66. The van der Waals surface area contributed by atoms with Crippen molar-refractivity contribution in [2.24, 2.45) is 0 Å². The van der Waals surface area contributed by atoms with Crippen LogP contribution in [0.15, 0.2) is 54.7 Å². The number of esters is 1. The molecule has 22 heavy (non-hydrogen) atoms. The number of amides is 1. The SMILES string of the molecule is COC(=O)C(NC(=O)OCc1ccccc1)c1ccccn1. The highest BCUT2D eigenvalue weighted by atomic mass is 16.6. The molecule has 0 spiro atoms. The summed E-state index contributed by atoms with van der Waals surface area (Å²) in [4.78, 5) is 27.7. The molecule has 0 radical (unpaired) electrons. The van der Waals surface area contributed by atoms with Crippen LogP contribution in [0.4, 0.5) is 4.79 Å². The second-order valence-corrected chi connectivity index (χ2v) is 4.42. The Morgan fingerprint density at radius 3 is 2.50 bits per heavy atom. The fourth-order valence-electron chi connectivity index (χ4n) is 1.80. The maximum absolute atomic E-state index is 11.9. The molecule has 2 rings (SSSR count). The summed E-state index contributed by atoms with van der Waals surface area (Å²) in [7, 11) is 1.25. The number of nitrogens with zero attached hydrogens (tertiary/aromatic N) is 1. The largest absolute Gasteiger partial charge is 0.467 e. The van der Waals surface area contributed by atoms with Gasteiger partial charge < -0.3 is 14.8 Å². The lowest BCUT2D eigenvalue weighted by atomic mass is 10.2. The summed E-state index contributed by atoms with van der Waals surface area (Å²) in [6.07, 6.45) is 0.812. The van der Waals surface area contributed by atoms with Crippen molar-refractivity contribution >= 4 is 12.1 Å². The van der Waals surface area contributed by atoms with Crippen LogP contribution in [0, 0.1) is 0 Å². The summed E-state index contributed by atoms with van der Waals surface area (Å²) in [5, 5.41) is 2.46. The first-order chi connectivity index (χ1) is 10.7. The van der Waals surface area contributed by atoms with Gasteiger partial charge in [0.15, 0.2) is 6.04 Å². The van der Waals surface area contributed by atoms with E-state index in [1.807, 2.05) is 30.3 Å². The molecule has 0 aliphatic rings. The van der Waals surface area contributed by atoms with Crippen LogP contribution in [0.2, 0.25) is 0 Å². The minimum absolute atomic E-state index is 0.114. The van der Waals surface area contributed by atoms with Crippen LogP contribution in [0.1, 0.15) is 17.3 Å². The lowest BCUT2D eigenvalue weighted by Crippen LogP contribution is -2.35. The highest BCUT2D eigenvalue weighted by molar-refractivity contribution is 5.82. The van der Waals surface area contributed by atoms with E-state index in [2.05, 4.69) is 15.0 Å². The molecule has 0 aliphatic carbocycles. The Morgan fingerprint density at radius 1 is 1.14 bits per heavy atom. The van der Waals surface area contributed by atoms with Crippen LogP contribution in [-0.2, 0) is 20.9 Å². The number of ether oxygens (including phenoxy) is 2. The van der Waals surface area contributed by atoms with Gasteiger partial charge in [-0.2, -0.15) is 0 Å². The number of rotatable bonds is 5. The zero-order valence-corrected chi connectivity index (χ0v) is 12.1. The first-order valence-electron chi connectivity index (χ1n) is 6.66. The minimum Gasteiger partial charge on any atom is -0.467 e. The number of carbonyl (C=O) groups excluding carboxylic acids is 2. The highest BCUT2D eigenvalue weighted by Gasteiger charge is 2.25. The van der Waals surface area contributed by atoms with E-state index in [1.165, 1.54) is 13.3 Å². The number of methoxy groups -OCH3 is 1. The molecule has 0 saturated carbocycles. The van der Waals surface area contributed by atoms with Gasteiger partial charge in [0.05, 0.1) is 12.8 Å². The summed E-state index contributed by atoms with van der Waals surface area (Å²) < 4.78 is 9.77. The molecule has 0 saturated heterocycles. The third-order valence-corrected chi connectivity index (χ3v) is 2.90. The molecule has 6 nitrogen and oxygen atoms in total. The van der Waals surface area contributed by atoms with Gasteiger partial charge in [-0.3, -0.25) is 4.98 Å². The van der Waals surface area contributed by atoms with Crippen LogP contribution >= 0.6 is 0 Å². The van der Waals surface area contributed by atoms with Gasteiger partial charge in [0.2, 0.25) is 0 Å². The number of pyridine rings is 1. The van der Waals surface area contributed by atoms with E-state index in [1.54, 1.807) is 18.2 Å². The normalized spacial score (nSPS) is 11.3. The standard InChI is InChI=1S/C16H16N2O4/c1-21-15(19)14(13-9-5-6-10-17-13)18-16(20)22-11-12-7-3-2-4-8-12/h2-10,14H,11H2,1H3,(H,18,20). The summed E-state index contributed by atoms with van der Waals surface area (Å²) in [6, 6.07) is 13.3. The lowest BCUT2D eigenvalue weighted by Gasteiger charge is -2.15. The van der Waals surface area contributed by atoms with Crippen molar-refractivity contribution in [3.8, 4) is 0 Å². The molecule has 114 valence electrons. The maximum atomic E-state index is 11.9. The van der Waals surface area contributed by atoms with E-state index in [4.69, 9.17) is 4.74 Å². The molecule has 1 N–H and O–H groups in total. The van der Waals surface area contributed by atoms with E-state index < -0.39 is 18.1 Å². The molecule has 1 aromatic carbocycles. The van der Waals surface area contributed by atoms with Crippen molar-refractivity contribution in [3.63, 3.8) is 0 Å². The molecular weight excluding hydrogens is 284 g/mol. The molecular formula is C16H16N2O4. The number of benzene rings is 1. The van der Waals surface area contributed by atoms with Crippen molar-refractivity contribution in [3.05, 3.63) is 66.0 Å². The van der Waals surface area contributed by atoms with E-state index in [-0.39, 0.29) is 6.61 Å². The van der Waals surface area contributed by atoms with Crippen LogP contribution in [-0.4, -0.2) is 24.2 Å². The topological polar surface area (TPSA) is 77.5 Å². The summed E-state index contributed by atoms with van der Waals surface area (Å²) in [5.41, 5.74) is 1.23. The third-order valence-electron chi connectivity index (χ3n) is 2.90. The van der Waals surface area contributed by atoms with E-state index in [0.29, 0.717) is 5.69 Å². The van der Waals surface area contributed by atoms with Gasteiger partial charge in [-0.05, 0) is 17.7 Å². The molecule has 1 aromatic heterocycles. The summed E-state index contributed by atoms with van der Waals surface area (Å²) in [5.74, 6) is -0.615. The number of carbonyl (C=O) groups is 2. The zero-order chi connectivity index (χ0) is 15.8. The zero-order valence-electron chi connectivity index (χ0n) is 12.1. The van der Waals surface area contributed by atoms with Gasteiger partial charge in [0.1, 0.15) is 6.61 Å². The molecule has 0 fully saturated rings. The average Bonchev–Trinajstić information content (AvgIpc) is 2.59. The van der Waals surface area contributed by atoms with Gasteiger partial charge in [-0.25, -0.2) is 9.59 Å². The van der Waals surface area contributed by atoms with Crippen molar-refractivity contribution in [2.45, 2.75) is 12.6 Å². The third kappa shape index (κ3) is 4.31. The molecule has 0 bridgehead atoms. The van der Waals surface area contributed by atoms with E-state index in [0.717, 1.165) is 5.56 Å². The van der Waals surface area contributed by atoms with Gasteiger partial charge >= 0.3 is 12.1 Å². The Morgan fingerprint density at radius 2 is 1.86 bits per heavy atom. The smallest absolute Gasteiger partial charge is 0.408 e. The first kappa shape index (κ1) is 15.5. The Bertz CT molecular complexity index is 617. The molecule has 1 amide bonds. The summed E-state index contributed by atoms with van der Waals surface area (Å²) >= 11 is 0. The predicted molar refractivity (Wildman–Crippen MR) is 78.8 cm³/mol. The predicted octanol–water partition coefficient (Wildman–Crippen LogP) is 2.22. The van der Waals surface area contributed by atoms with Crippen molar-refractivity contribution in [2.75, 3.05) is 7.11 Å². The number of hydrogen-bond donors (Lipinski definition) is 1. The second kappa shape index (κ2) is 7.78. The average molecular weight is 300 g/mol. The minimum atomic E-state index is -1.01. The van der Waals surface area contributed by atoms with Crippen molar-refractivity contribution in [1.82, 2.24) is 10.3 Å². The Hall–Kier alpha value is -2.89. The molecule has 6 heteroatoms. The Balaban J connectivity index is 1.98. The Labute approximate surface area is 128 Å². The highest BCUT2D eigenvalue weighted by Crippen LogP contribution is 2.12. The number of alkyl carbamates (subject to hydrolysis) is 1. The monoisotopic (exact) mass is 300 g/mol. The van der Waals surface area contributed by atoms with Gasteiger partial charge in [-0.15, -0.1) is 0 Å². The van der Waals surface area contributed by atoms with Crippen LogP contribution in [0.3, 0.4) is 0 Å². The maximum Gasteiger partial charge on any atom is 0.408 e. The second-order valence-electron chi connectivity index (χ2n) is 4.42. The van der Waals surface area contributed by atoms with Crippen LogP contribution in [0.25, 0.3) is 0 Å². The molecule has 1 heterocycles. The lowest BCUT2D eigenvalue weighted by molar-refractivity contribution is -0.143. The fourth-order valence-corrected chi connectivity index (χ4v) is 1.80. The van der Waals surface area contributed by atoms with Crippen molar-refractivity contribution in [1.29, 1.82) is 0 Å². The van der Waals surface area contributed by atoms with Gasteiger partial charge in [0, 0.05) is 6.20 Å². The molecule has 2 aromatic rings. The van der Waals surface area contributed by atoms with E-state index in [9.17, 15) is 9.59 Å². The summed E-state index contributed by atoms with van der Waals surface area (Å²) in [6.45, 7) is 0.114. The molecule has 0 aliphatic heterocycles. The van der Waals surface area contributed by atoms with Gasteiger partial charge in [0.25, 0.3) is 0 Å².